The van der Waals surface area contributed by atoms with Gasteiger partial charge in [-0.2, -0.15) is 0 Å². The first-order valence-electron chi connectivity index (χ1n) is 4.26. The fraction of sp³-hybridized carbons (Fsp3) is 0.778. The van der Waals surface area contributed by atoms with Crippen LogP contribution in [-0.4, -0.2) is 24.8 Å². The summed E-state index contributed by atoms with van der Waals surface area (Å²) in [5, 5.41) is 12.2. The summed E-state index contributed by atoms with van der Waals surface area (Å²) in [4.78, 5) is 0. The van der Waals surface area contributed by atoms with E-state index in [0.29, 0.717) is 6.61 Å². The maximum absolute atomic E-state index is 8.96. The Morgan fingerprint density at radius 3 is 2.73 bits per heavy atom. The Labute approximate surface area is 68.3 Å². The molecule has 0 amide bonds. The molecule has 1 aliphatic rings. The Morgan fingerprint density at radius 1 is 1.55 bits per heavy atom. The molecule has 0 bridgehead atoms. The molecule has 0 aliphatic heterocycles. The number of allylic oxidation sites excluding steroid dienone is 1. The molecule has 0 saturated heterocycles. The van der Waals surface area contributed by atoms with Crippen LogP contribution in [0.3, 0.4) is 0 Å². The second kappa shape index (κ2) is 3.88. The first kappa shape index (κ1) is 8.75. The molecule has 0 aromatic carbocycles. The van der Waals surface area contributed by atoms with Crippen molar-refractivity contribution < 1.29 is 5.11 Å². The van der Waals surface area contributed by atoms with Crippen molar-refractivity contribution in [3.05, 3.63) is 12.2 Å². The van der Waals surface area contributed by atoms with Crippen molar-refractivity contribution in [1.82, 2.24) is 5.32 Å². The minimum atomic E-state index is 0.252. The largest absolute Gasteiger partial charge is 0.396 e. The highest BCUT2D eigenvalue weighted by atomic mass is 16.3. The highest BCUT2D eigenvalue weighted by Crippen LogP contribution is 2.44. The van der Waals surface area contributed by atoms with Crippen molar-refractivity contribution in [2.24, 2.45) is 5.41 Å². The van der Waals surface area contributed by atoms with Crippen LogP contribution >= 0.6 is 0 Å². The average molecular weight is 155 g/mol. The molecule has 0 radical (unpaired) electrons. The van der Waals surface area contributed by atoms with E-state index in [1.165, 1.54) is 12.8 Å². The second-order valence-corrected chi connectivity index (χ2v) is 3.36. The Bertz CT molecular complexity index is 138. The Hall–Kier alpha value is -0.340. The molecule has 1 fully saturated rings. The van der Waals surface area contributed by atoms with Gasteiger partial charge in [-0.15, -0.1) is 0 Å². The zero-order valence-corrected chi connectivity index (χ0v) is 7.14. The molecule has 0 aromatic heterocycles. The molecule has 0 heterocycles. The van der Waals surface area contributed by atoms with E-state index in [1.807, 2.05) is 13.0 Å². The van der Waals surface area contributed by atoms with Crippen molar-refractivity contribution in [2.75, 3.05) is 19.7 Å². The van der Waals surface area contributed by atoms with Gasteiger partial charge in [-0.1, -0.05) is 12.2 Å². The van der Waals surface area contributed by atoms with Crippen LogP contribution < -0.4 is 5.32 Å². The van der Waals surface area contributed by atoms with E-state index in [9.17, 15) is 0 Å². The molecule has 0 unspecified atom stereocenters. The monoisotopic (exact) mass is 155 g/mol. The molecule has 1 rings (SSSR count). The van der Waals surface area contributed by atoms with Crippen LogP contribution in [0.4, 0.5) is 0 Å². The molecule has 11 heavy (non-hydrogen) atoms. The number of rotatable bonds is 5. The lowest BCUT2D eigenvalue weighted by Gasteiger charge is -2.10. The second-order valence-electron chi connectivity index (χ2n) is 3.36. The summed E-state index contributed by atoms with van der Waals surface area (Å²) in [7, 11) is 0. The normalized spacial score (nSPS) is 20.9. The Balaban J connectivity index is 2.03. The smallest absolute Gasteiger partial charge is 0.0499 e. The van der Waals surface area contributed by atoms with Crippen molar-refractivity contribution in [2.45, 2.75) is 19.8 Å². The molecule has 2 heteroatoms. The number of aliphatic hydroxyl groups excluding tert-OH is 1. The van der Waals surface area contributed by atoms with Crippen LogP contribution in [0.2, 0.25) is 0 Å². The van der Waals surface area contributed by atoms with E-state index < -0.39 is 0 Å². The fourth-order valence-electron chi connectivity index (χ4n) is 1.11. The summed E-state index contributed by atoms with van der Waals surface area (Å²) in [5.41, 5.74) is 0.252. The van der Waals surface area contributed by atoms with Gasteiger partial charge in [0, 0.05) is 25.1 Å². The van der Waals surface area contributed by atoms with Crippen LogP contribution in [0.5, 0.6) is 0 Å². The van der Waals surface area contributed by atoms with Gasteiger partial charge in [-0.25, -0.2) is 0 Å². The van der Waals surface area contributed by atoms with E-state index in [1.54, 1.807) is 0 Å². The first-order valence-corrected chi connectivity index (χ1v) is 4.26. The third-order valence-corrected chi connectivity index (χ3v) is 2.29. The zero-order chi connectivity index (χ0) is 8.16. The molecule has 64 valence electrons. The van der Waals surface area contributed by atoms with Gasteiger partial charge >= 0.3 is 0 Å². The van der Waals surface area contributed by atoms with Crippen LogP contribution in [0.1, 0.15) is 19.8 Å². The molecule has 2 nitrogen and oxygen atoms in total. The lowest BCUT2D eigenvalue weighted by Crippen LogP contribution is -2.26. The molecular formula is C9H17NO. The van der Waals surface area contributed by atoms with Gasteiger partial charge in [0.2, 0.25) is 0 Å². The van der Waals surface area contributed by atoms with Crippen molar-refractivity contribution >= 4 is 0 Å². The van der Waals surface area contributed by atoms with Crippen molar-refractivity contribution in [3.63, 3.8) is 0 Å². The van der Waals surface area contributed by atoms with Gasteiger partial charge < -0.3 is 10.4 Å². The average Bonchev–Trinajstić information content (AvgIpc) is 2.80. The van der Waals surface area contributed by atoms with Gasteiger partial charge in [0.05, 0.1) is 0 Å². The van der Waals surface area contributed by atoms with E-state index in [2.05, 4.69) is 11.4 Å². The minimum absolute atomic E-state index is 0.252. The van der Waals surface area contributed by atoms with E-state index in [4.69, 9.17) is 5.11 Å². The number of hydrogen-bond donors (Lipinski definition) is 2. The minimum Gasteiger partial charge on any atom is -0.396 e. The number of aliphatic hydroxyl groups is 1. The van der Waals surface area contributed by atoms with Crippen LogP contribution in [-0.2, 0) is 0 Å². The SMILES string of the molecule is C/C=C/CNCC1(CO)CC1. The standard InChI is InChI=1S/C9H17NO/c1-2-3-6-10-7-9(8-11)4-5-9/h2-3,10-11H,4-8H2,1H3/b3-2+. The lowest BCUT2D eigenvalue weighted by molar-refractivity contribution is 0.209. The van der Waals surface area contributed by atoms with E-state index >= 15 is 0 Å². The summed E-state index contributed by atoms with van der Waals surface area (Å²) < 4.78 is 0. The highest BCUT2D eigenvalue weighted by molar-refractivity contribution is 4.95. The van der Waals surface area contributed by atoms with E-state index in [-0.39, 0.29) is 5.41 Å². The van der Waals surface area contributed by atoms with Crippen LogP contribution in [0, 0.1) is 5.41 Å². The maximum Gasteiger partial charge on any atom is 0.0499 e. The van der Waals surface area contributed by atoms with Crippen molar-refractivity contribution in [1.29, 1.82) is 0 Å². The third-order valence-electron chi connectivity index (χ3n) is 2.29. The van der Waals surface area contributed by atoms with Crippen LogP contribution in [0.25, 0.3) is 0 Å². The summed E-state index contributed by atoms with van der Waals surface area (Å²) in [6, 6.07) is 0. The molecule has 0 aromatic rings. The first-order chi connectivity index (χ1) is 5.33. The quantitative estimate of drug-likeness (QED) is 0.457. The topological polar surface area (TPSA) is 32.3 Å². The van der Waals surface area contributed by atoms with Gasteiger partial charge in [-0.3, -0.25) is 0 Å². The number of hydrogen-bond acceptors (Lipinski definition) is 2. The fourth-order valence-corrected chi connectivity index (χ4v) is 1.11. The number of nitrogens with one attached hydrogen (secondary N) is 1. The summed E-state index contributed by atoms with van der Waals surface area (Å²) in [5.74, 6) is 0. The third kappa shape index (κ3) is 2.64. The summed E-state index contributed by atoms with van der Waals surface area (Å²) >= 11 is 0. The predicted molar refractivity (Wildman–Crippen MR) is 46.4 cm³/mol. The zero-order valence-electron chi connectivity index (χ0n) is 7.14. The lowest BCUT2D eigenvalue weighted by atomic mass is 10.1. The Morgan fingerprint density at radius 2 is 2.27 bits per heavy atom. The highest BCUT2D eigenvalue weighted by Gasteiger charge is 2.41. The van der Waals surface area contributed by atoms with Crippen LogP contribution in [0.15, 0.2) is 12.2 Å². The van der Waals surface area contributed by atoms with Gasteiger partial charge in [0.1, 0.15) is 0 Å². The van der Waals surface area contributed by atoms with E-state index in [0.717, 1.165) is 13.1 Å². The summed E-state index contributed by atoms with van der Waals surface area (Å²) in [6.45, 7) is 4.25. The van der Waals surface area contributed by atoms with Crippen molar-refractivity contribution in [3.8, 4) is 0 Å². The maximum atomic E-state index is 8.96. The summed E-state index contributed by atoms with van der Waals surface area (Å²) in [6.07, 6.45) is 6.50. The van der Waals surface area contributed by atoms with Gasteiger partial charge in [-0.05, 0) is 19.8 Å². The predicted octanol–water partition coefficient (Wildman–Crippen LogP) is 0.925. The molecule has 1 saturated carbocycles. The molecular weight excluding hydrogens is 138 g/mol. The molecule has 0 spiro atoms. The molecule has 2 N–H and O–H groups in total. The van der Waals surface area contributed by atoms with Gasteiger partial charge in [0.25, 0.3) is 0 Å². The van der Waals surface area contributed by atoms with Gasteiger partial charge in [0.15, 0.2) is 0 Å². The Kier molecular flexibility index (Phi) is 3.09. The molecule has 1 aliphatic carbocycles. The molecule has 0 atom stereocenters.